The molecule has 0 atom stereocenters. The van der Waals surface area contributed by atoms with Crippen LogP contribution in [-0.4, -0.2) is 0 Å². The van der Waals surface area contributed by atoms with Crippen molar-refractivity contribution in [1.82, 2.24) is 0 Å². The zero-order chi connectivity index (χ0) is 20.4. The fourth-order valence-corrected chi connectivity index (χ4v) is 4.16. The van der Waals surface area contributed by atoms with Crippen molar-refractivity contribution in [2.45, 2.75) is 5.41 Å². The second kappa shape index (κ2) is 8.03. The highest BCUT2D eigenvalue weighted by Gasteiger charge is 2.38. The molecule has 0 aliphatic rings. The van der Waals surface area contributed by atoms with Crippen molar-refractivity contribution in [3.63, 3.8) is 0 Å². The summed E-state index contributed by atoms with van der Waals surface area (Å²) < 4.78 is 42.3. The first kappa shape index (κ1) is 19.7. The Kier molecular flexibility index (Phi) is 5.46. The third kappa shape index (κ3) is 3.69. The molecular formula is C25H16F3I. The number of benzene rings is 4. The Morgan fingerprint density at radius 3 is 0.931 bits per heavy atom. The van der Waals surface area contributed by atoms with Gasteiger partial charge in [-0.25, -0.2) is 13.2 Å². The molecule has 0 aliphatic carbocycles. The van der Waals surface area contributed by atoms with Gasteiger partial charge in [-0.1, -0.05) is 48.5 Å². The van der Waals surface area contributed by atoms with Gasteiger partial charge in [0.2, 0.25) is 0 Å². The van der Waals surface area contributed by atoms with Gasteiger partial charge in [0.05, 0.1) is 5.41 Å². The summed E-state index contributed by atoms with van der Waals surface area (Å²) in [4.78, 5) is 0. The van der Waals surface area contributed by atoms with E-state index in [9.17, 15) is 13.2 Å². The van der Waals surface area contributed by atoms with Crippen LogP contribution in [0, 0.1) is 21.0 Å². The van der Waals surface area contributed by atoms with E-state index in [1.807, 2.05) is 24.3 Å². The second-order valence-electron chi connectivity index (χ2n) is 6.78. The zero-order valence-corrected chi connectivity index (χ0v) is 17.4. The summed E-state index contributed by atoms with van der Waals surface area (Å²) in [6.45, 7) is 0. The Hall–Kier alpha value is -2.60. The average Bonchev–Trinajstić information content (AvgIpc) is 2.73. The third-order valence-corrected chi connectivity index (χ3v) is 5.83. The van der Waals surface area contributed by atoms with E-state index in [2.05, 4.69) is 22.6 Å². The van der Waals surface area contributed by atoms with Gasteiger partial charge in [0.25, 0.3) is 0 Å². The Balaban J connectivity index is 2.11. The molecular weight excluding hydrogens is 484 g/mol. The molecule has 0 heterocycles. The molecule has 0 amide bonds. The van der Waals surface area contributed by atoms with Crippen molar-refractivity contribution in [2.75, 3.05) is 0 Å². The van der Waals surface area contributed by atoms with E-state index < -0.39 is 5.41 Å². The zero-order valence-electron chi connectivity index (χ0n) is 15.2. The van der Waals surface area contributed by atoms with Crippen molar-refractivity contribution in [2.24, 2.45) is 0 Å². The number of rotatable bonds is 4. The molecule has 0 N–H and O–H groups in total. The van der Waals surface area contributed by atoms with Crippen molar-refractivity contribution >= 4 is 22.6 Å². The van der Waals surface area contributed by atoms with Crippen LogP contribution in [0.3, 0.4) is 0 Å². The average molecular weight is 500 g/mol. The largest absolute Gasteiger partial charge is 0.207 e. The summed E-state index contributed by atoms with van der Waals surface area (Å²) in [7, 11) is 0. The van der Waals surface area contributed by atoms with Gasteiger partial charge in [-0.3, -0.25) is 0 Å². The number of hydrogen-bond acceptors (Lipinski definition) is 0. The maximum atomic E-state index is 13.7. The molecule has 0 fully saturated rings. The molecule has 0 unspecified atom stereocenters. The molecule has 144 valence electrons. The highest BCUT2D eigenvalue weighted by molar-refractivity contribution is 14.1. The van der Waals surface area contributed by atoms with E-state index in [0.717, 1.165) is 25.8 Å². The van der Waals surface area contributed by atoms with Crippen LogP contribution in [0.15, 0.2) is 97.1 Å². The normalized spacial score (nSPS) is 11.4. The van der Waals surface area contributed by atoms with Crippen molar-refractivity contribution in [3.05, 3.63) is 140 Å². The van der Waals surface area contributed by atoms with Crippen molar-refractivity contribution < 1.29 is 13.2 Å². The van der Waals surface area contributed by atoms with Crippen molar-refractivity contribution in [3.8, 4) is 0 Å². The lowest BCUT2D eigenvalue weighted by atomic mass is 9.65. The molecule has 0 spiro atoms. The van der Waals surface area contributed by atoms with Crippen LogP contribution in [-0.2, 0) is 5.41 Å². The lowest BCUT2D eigenvalue weighted by Gasteiger charge is -2.37. The predicted octanol–water partition coefficient (Wildman–Crippen LogP) is 7.09. The first-order valence-electron chi connectivity index (χ1n) is 9.04. The van der Waals surface area contributed by atoms with E-state index in [1.165, 1.54) is 36.4 Å². The molecule has 0 aliphatic heterocycles. The lowest BCUT2D eigenvalue weighted by molar-refractivity contribution is 0.619. The maximum Gasteiger partial charge on any atom is 0.123 e. The molecule has 0 bridgehead atoms. The van der Waals surface area contributed by atoms with Gasteiger partial charge in [-0.2, -0.15) is 0 Å². The molecule has 0 saturated carbocycles. The van der Waals surface area contributed by atoms with Crippen LogP contribution >= 0.6 is 22.6 Å². The van der Waals surface area contributed by atoms with Gasteiger partial charge in [0.1, 0.15) is 17.5 Å². The maximum absolute atomic E-state index is 13.7. The molecule has 29 heavy (non-hydrogen) atoms. The first-order chi connectivity index (χ1) is 14.0. The molecule has 4 heteroatoms. The summed E-state index contributed by atoms with van der Waals surface area (Å²) in [5.74, 6) is -1.03. The quantitative estimate of drug-likeness (QED) is 0.207. The topological polar surface area (TPSA) is 0 Å². The van der Waals surface area contributed by atoms with Crippen molar-refractivity contribution in [1.29, 1.82) is 0 Å². The van der Waals surface area contributed by atoms with Gasteiger partial charge >= 0.3 is 0 Å². The fourth-order valence-electron chi connectivity index (χ4n) is 3.80. The van der Waals surface area contributed by atoms with Crippen LogP contribution in [0.4, 0.5) is 13.2 Å². The third-order valence-electron chi connectivity index (χ3n) is 5.11. The standard InChI is InChI=1S/C25H16F3I/c26-21-9-1-17(2-10-21)25(18-3-11-22(27)12-4-18,19-5-13-23(28)14-6-19)20-7-15-24(29)16-8-20/h1-16H. The Morgan fingerprint density at radius 1 is 0.414 bits per heavy atom. The van der Waals surface area contributed by atoms with Gasteiger partial charge in [-0.05, 0) is 93.4 Å². The summed E-state index contributed by atoms with van der Waals surface area (Å²) in [6, 6.07) is 26.7. The van der Waals surface area contributed by atoms with E-state index in [4.69, 9.17) is 0 Å². The summed E-state index contributed by atoms with van der Waals surface area (Å²) in [5, 5.41) is 0. The molecule has 0 aromatic heterocycles. The van der Waals surface area contributed by atoms with E-state index in [0.29, 0.717) is 0 Å². The van der Waals surface area contributed by atoms with Crippen LogP contribution in [0.2, 0.25) is 0 Å². The van der Waals surface area contributed by atoms with Gasteiger partial charge < -0.3 is 0 Å². The van der Waals surface area contributed by atoms with Gasteiger partial charge in [0, 0.05) is 3.57 Å². The molecule has 0 radical (unpaired) electrons. The predicted molar refractivity (Wildman–Crippen MR) is 117 cm³/mol. The lowest BCUT2D eigenvalue weighted by Crippen LogP contribution is -2.31. The van der Waals surface area contributed by atoms with Gasteiger partial charge in [0.15, 0.2) is 0 Å². The van der Waals surface area contributed by atoms with Gasteiger partial charge in [-0.15, -0.1) is 0 Å². The molecule has 0 nitrogen and oxygen atoms in total. The molecule has 4 rings (SSSR count). The van der Waals surface area contributed by atoms with E-state index in [1.54, 1.807) is 36.4 Å². The highest BCUT2D eigenvalue weighted by Crippen LogP contribution is 2.45. The van der Waals surface area contributed by atoms with E-state index >= 15 is 0 Å². The first-order valence-corrected chi connectivity index (χ1v) is 10.1. The summed E-state index contributed by atoms with van der Waals surface area (Å²) >= 11 is 2.23. The SMILES string of the molecule is Fc1ccc(C(c2ccc(F)cc2)(c2ccc(F)cc2)c2ccc(I)cc2)cc1. The van der Waals surface area contributed by atoms with E-state index in [-0.39, 0.29) is 17.5 Å². The number of hydrogen-bond donors (Lipinski definition) is 0. The van der Waals surface area contributed by atoms with Crippen LogP contribution in [0.25, 0.3) is 0 Å². The summed E-state index contributed by atoms with van der Waals surface area (Å²) in [5.41, 5.74) is 2.47. The minimum Gasteiger partial charge on any atom is -0.207 e. The molecule has 4 aromatic rings. The monoisotopic (exact) mass is 500 g/mol. The highest BCUT2D eigenvalue weighted by atomic mass is 127. The Morgan fingerprint density at radius 2 is 0.655 bits per heavy atom. The molecule has 0 saturated heterocycles. The minimum absolute atomic E-state index is 0.344. The van der Waals surface area contributed by atoms with Crippen LogP contribution in [0.5, 0.6) is 0 Å². The van der Waals surface area contributed by atoms with Crippen LogP contribution < -0.4 is 0 Å². The second-order valence-corrected chi connectivity index (χ2v) is 8.02. The Labute approximate surface area is 181 Å². The smallest absolute Gasteiger partial charge is 0.123 e. The fraction of sp³-hybridized carbons (Fsp3) is 0.0400. The summed E-state index contributed by atoms with van der Waals surface area (Å²) in [6.07, 6.45) is 0. The minimum atomic E-state index is -0.862. The van der Waals surface area contributed by atoms with Crippen LogP contribution in [0.1, 0.15) is 22.3 Å². The number of halogens is 4. The Bertz CT molecular complexity index is 913. The molecule has 4 aromatic carbocycles.